The van der Waals surface area contributed by atoms with Gasteiger partial charge in [0.15, 0.2) is 0 Å². The van der Waals surface area contributed by atoms with Gasteiger partial charge in [0.05, 0.1) is 13.7 Å². The molecule has 0 unspecified atom stereocenters. The molecule has 8 heavy (non-hydrogen) atoms. The number of hydrogen-bond acceptors (Lipinski definition) is 3. The van der Waals surface area contributed by atoms with E-state index >= 15 is 0 Å². The second-order valence-electron chi connectivity index (χ2n) is 1.51. The number of hydroxylamine groups is 1. The first kappa shape index (κ1) is 5.44. The molecule has 46 valence electrons. The fraction of sp³-hybridized carbons (Fsp3) is 0.600. The van der Waals surface area contributed by atoms with Crippen molar-refractivity contribution in [3.8, 4) is 0 Å². The third kappa shape index (κ3) is 1.13. The SMILES string of the molecule is COC1=CCCON1. The molecular formula is C5H9NO2. The summed E-state index contributed by atoms with van der Waals surface area (Å²) in [7, 11) is 1.60. The van der Waals surface area contributed by atoms with Gasteiger partial charge in [-0.05, 0) is 12.5 Å². The number of nitrogens with one attached hydrogen (secondary N) is 1. The molecule has 0 radical (unpaired) electrons. The van der Waals surface area contributed by atoms with Crippen LogP contribution in [-0.2, 0) is 9.57 Å². The zero-order valence-electron chi connectivity index (χ0n) is 4.81. The lowest BCUT2D eigenvalue weighted by Crippen LogP contribution is -2.19. The summed E-state index contributed by atoms with van der Waals surface area (Å²) in [5.74, 6) is 0.705. The number of methoxy groups -OCH3 is 1. The Morgan fingerprint density at radius 1 is 1.88 bits per heavy atom. The zero-order chi connectivity index (χ0) is 5.82. The summed E-state index contributed by atoms with van der Waals surface area (Å²) in [5.41, 5.74) is 2.61. The Morgan fingerprint density at radius 3 is 3.12 bits per heavy atom. The Balaban J connectivity index is 2.37. The molecule has 1 N–H and O–H groups in total. The molecule has 0 spiro atoms. The number of rotatable bonds is 1. The van der Waals surface area contributed by atoms with Crippen LogP contribution < -0.4 is 5.48 Å². The largest absolute Gasteiger partial charge is 0.481 e. The fourth-order valence-electron chi connectivity index (χ4n) is 0.538. The quantitative estimate of drug-likeness (QED) is 0.536. The highest BCUT2D eigenvalue weighted by molar-refractivity contribution is 4.89. The van der Waals surface area contributed by atoms with Crippen LogP contribution in [0.5, 0.6) is 0 Å². The average Bonchev–Trinajstić information content (AvgIpc) is 1.90. The van der Waals surface area contributed by atoms with Crippen LogP contribution in [-0.4, -0.2) is 13.7 Å². The zero-order valence-corrected chi connectivity index (χ0v) is 4.81. The topological polar surface area (TPSA) is 30.5 Å². The molecule has 1 heterocycles. The first-order valence-corrected chi connectivity index (χ1v) is 2.55. The van der Waals surface area contributed by atoms with Gasteiger partial charge in [-0.1, -0.05) is 0 Å². The minimum absolute atomic E-state index is 0.705. The molecule has 0 aromatic rings. The van der Waals surface area contributed by atoms with Crippen LogP contribution in [0.15, 0.2) is 12.0 Å². The van der Waals surface area contributed by atoms with Crippen molar-refractivity contribution in [2.75, 3.05) is 13.7 Å². The summed E-state index contributed by atoms with van der Waals surface area (Å²) in [6.45, 7) is 0.729. The third-order valence-corrected chi connectivity index (χ3v) is 0.942. The van der Waals surface area contributed by atoms with Crippen LogP contribution in [0.3, 0.4) is 0 Å². The predicted molar refractivity (Wildman–Crippen MR) is 28.8 cm³/mol. The van der Waals surface area contributed by atoms with Gasteiger partial charge in [0.25, 0.3) is 0 Å². The van der Waals surface area contributed by atoms with Crippen molar-refractivity contribution in [2.24, 2.45) is 0 Å². The van der Waals surface area contributed by atoms with E-state index in [2.05, 4.69) is 5.48 Å². The van der Waals surface area contributed by atoms with Crippen molar-refractivity contribution in [2.45, 2.75) is 6.42 Å². The Kier molecular flexibility index (Phi) is 1.75. The monoisotopic (exact) mass is 115 g/mol. The average molecular weight is 115 g/mol. The van der Waals surface area contributed by atoms with Gasteiger partial charge in [-0.3, -0.25) is 4.84 Å². The highest BCUT2D eigenvalue weighted by atomic mass is 16.7. The Hall–Kier alpha value is -0.700. The van der Waals surface area contributed by atoms with E-state index in [9.17, 15) is 0 Å². The van der Waals surface area contributed by atoms with Crippen molar-refractivity contribution in [1.82, 2.24) is 5.48 Å². The molecule has 0 aromatic heterocycles. The molecule has 3 nitrogen and oxygen atoms in total. The summed E-state index contributed by atoms with van der Waals surface area (Å²) in [5, 5.41) is 0. The van der Waals surface area contributed by atoms with E-state index in [1.165, 1.54) is 0 Å². The molecule has 0 aliphatic carbocycles. The van der Waals surface area contributed by atoms with Crippen LogP contribution in [0.2, 0.25) is 0 Å². The van der Waals surface area contributed by atoms with Crippen LogP contribution >= 0.6 is 0 Å². The van der Waals surface area contributed by atoms with Crippen LogP contribution in [0.4, 0.5) is 0 Å². The second kappa shape index (κ2) is 2.57. The molecule has 1 rings (SSSR count). The lowest BCUT2D eigenvalue weighted by atomic mass is 10.4. The van der Waals surface area contributed by atoms with Gasteiger partial charge < -0.3 is 4.74 Å². The lowest BCUT2D eigenvalue weighted by Gasteiger charge is -2.12. The Bertz CT molecular complexity index is 101. The summed E-state index contributed by atoms with van der Waals surface area (Å²) in [6.07, 6.45) is 2.87. The molecule has 0 bridgehead atoms. The van der Waals surface area contributed by atoms with Crippen molar-refractivity contribution in [3.63, 3.8) is 0 Å². The molecule has 0 fully saturated rings. The lowest BCUT2D eigenvalue weighted by molar-refractivity contribution is 0.0127. The predicted octanol–water partition coefficient (Wildman–Crippen LogP) is 0.399. The van der Waals surface area contributed by atoms with Gasteiger partial charge in [0, 0.05) is 0 Å². The van der Waals surface area contributed by atoms with Gasteiger partial charge in [0.2, 0.25) is 5.88 Å². The van der Waals surface area contributed by atoms with Crippen LogP contribution in [0.25, 0.3) is 0 Å². The Morgan fingerprint density at radius 2 is 2.75 bits per heavy atom. The highest BCUT2D eigenvalue weighted by Crippen LogP contribution is 1.98. The van der Waals surface area contributed by atoms with Gasteiger partial charge >= 0.3 is 0 Å². The molecule has 0 atom stereocenters. The van der Waals surface area contributed by atoms with E-state index in [0.717, 1.165) is 13.0 Å². The maximum atomic E-state index is 4.83. The molecule has 0 amide bonds. The highest BCUT2D eigenvalue weighted by Gasteiger charge is 1.98. The van der Waals surface area contributed by atoms with E-state index in [1.54, 1.807) is 7.11 Å². The van der Waals surface area contributed by atoms with Crippen molar-refractivity contribution in [1.29, 1.82) is 0 Å². The number of ether oxygens (including phenoxy) is 1. The standard InChI is InChI=1S/C5H9NO2/c1-7-5-3-2-4-8-6-5/h3,6H,2,4H2,1H3. The summed E-state index contributed by atoms with van der Waals surface area (Å²) >= 11 is 0. The minimum Gasteiger partial charge on any atom is -0.481 e. The third-order valence-electron chi connectivity index (χ3n) is 0.942. The van der Waals surface area contributed by atoms with E-state index < -0.39 is 0 Å². The van der Waals surface area contributed by atoms with Gasteiger partial charge in [-0.2, -0.15) is 0 Å². The fourth-order valence-corrected chi connectivity index (χ4v) is 0.538. The summed E-state index contributed by atoms with van der Waals surface area (Å²) in [4.78, 5) is 4.83. The minimum atomic E-state index is 0.705. The second-order valence-corrected chi connectivity index (χ2v) is 1.51. The van der Waals surface area contributed by atoms with Crippen LogP contribution in [0.1, 0.15) is 6.42 Å². The van der Waals surface area contributed by atoms with Crippen molar-refractivity contribution < 1.29 is 9.57 Å². The smallest absolute Gasteiger partial charge is 0.206 e. The van der Waals surface area contributed by atoms with Crippen molar-refractivity contribution in [3.05, 3.63) is 12.0 Å². The van der Waals surface area contributed by atoms with Gasteiger partial charge in [-0.15, -0.1) is 0 Å². The summed E-state index contributed by atoms with van der Waals surface area (Å²) in [6, 6.07) is 0. The van der Waals surface area contributed by atoms with Gasteiger partial charge in [-0.25, -0.2) is 5.48 Å². The number of hydrogen-bond donors (Lipinski definition) is 1. The van der Waals surface area contributed by atoms with Crippen LogP contribution in [0, 0.1) is 0 Å². The summed E-state index contributed by atoms with van der Waals surface area (Å²) < 4.78 is 4.82. The van der Waals surface area contributed by atoms with E-state index in [0.29, 0.717) is 5.88 Å². The molecule has 3 heteroatoms. The molecular weight excluding hydrogens is 106 g/mol. The maximum Gasteiger partial charge on any atom is 0.206 e. The molecule has 1 aliphatic heterocycles. The molecule has 0 saturated carbocycles. The van der Waals surface area contributed by atoms with Gasteiger partial charge in [0.1, 0.15) is 0 Å². The van der Waals surface area contributed by atoms with E-state index in [-0.39, 0.29) is 0 Å². The molecule has 1 aliphatic rings. The normalized spacial score (nSPS) is 18.9. The van der Waals surface area contributed by atoms with E-state index in [4.69, 9.17) is 9.57 Å². The van der Waals surface area contributed by atoms with E-state index in [1.807, 2.05) is 6.08 Å². The maximum absolute atomic E-state index is 4.83. The first-order valence-electron chi connectivity index (χ1n) is 2.55. The Labute approximate surface area is 48.2 Å². The molecule has 0 aromatic carbocycles. The van der Waals surface area contributed by atoms with Crippen molar-refractivity contribution >= 4 is 0 Å². The molecule has 0 saturated heterocycles. The first-order chi connectivity index (χ1) is 3.93.